The molecule has 0 spiro atoms. The summed E-state index contributed by atoms with van der Waals surface area (Å²) < 4.78 is 11.0. The fourth-order valence-electron chi connectivity index (χ4n) is 2.89. The number of rotatable bonds is 5. The molecule has 0 aliphatic heterocycles. The van der Waals surface area contributed by atoms with E-state index in [4.69, 9.17) is 15.0 Å². The molecule has 3 unspecified atom stereocenters. The van der Waals surface area contributed by atoms with Gasteiger partial charge in [0.05, 0.1) is 12.0 Å². The largest absolute Gasteiger partial charge is 0.388 e. The van der Waals surface area contributed by atoms with E-state index in [0.717, 1.165) is 19.3 Å². The quantitative estimate of drug-likeness (QED) is 0.847. The summed E-state index contributed by atoms with van der Waals surface area (Å²) in [4.78, 5) is 4.43. The standard InChI is InChI=1S/C14H25N3O3/c1-10-5-4-6-14(7-10,19-3)12-16-11(20-17-12)8-13(2,18)9-15/h10,18H,4-9,15H2,1-3H3. The number of hydrogen-bond donors (Lipinski definition) is 2. The van der Waals surface area contributed by atoms with Crippen molar-refractivity contribution in [3.63, 3.8) is 0 Å². The number of aromatic nitrogens is 2. The maximum absolute atomic E-state index is 9.98. The molecule has 1 aliphatic carbocycles. The third-order valence-corrected chi connectivity index (χ3v) is 4.19. The van der Waals surface area contributed by atoms with Crippen LogP contribution in [0.4, 0.5) is 0 Å². The van der Waals surface area contributed by atoms with Crippen LogP contribution in [-0.2, 0) is 16.8 Å². The minimum absolute atomic E-state index is 0.150. The summed E-state index contributed by atoms with van der Waals surface area (Å²) in [6.07, 6.45) is 4.36. The van der Waals surface area contributed by atoms with Gasteiger partial charge in [-0.15, -0.1) is 0 Å². The highest BCUT2D eigenvalue weighted by Crippen LogP contribution is 2.41. The lowest BCUT2D eigenvalue weighted by atomic mass is 9.78. The Balaban J connectivity index is 2.18. The molecule has 1 aliphatic rings. The molecule has 20 heavy (non-hydrogen) atoms. The SMILES string of the molecule is COC1(c2noc(CC(C)(O)CN)n2)CCCC(C)C1. The van der Waals surface area contributed by atoms with Gasteiger partial charge >= 0.3 is 0 Å². The molecule has 0 radical (unpaired) electrons. The van der Waals surface area contributed by atoms with E-state index in [1.54, 1.807) is 14.0 Å². The summed E-state index contributed by atoms with van der Waals surface area (Å²) in [7, 11) is 1.70. The van der Waals surface area contributed by atoms with Gasteiger partial charge in [0.1, 0.15) is 5.60 Å². The summed E-state index contributed by atoms with van der Waals surface area (Å²) in [5.74, 6) is 1.58. The second-order valence-corrected chi connectivity index (χ2v) is 6.29. The van der Waals surface area contributed by atoms with Gasteiger partial charge in [0.15, 0.2) is 0 Å². The number of methoxy groups -OCH3 is 1. The molecular weight excluding hydrogens is 258 g/mol. The molecule has 1 saturated carbocycles. The summed E-state index contributed by atoms with van der Waals surface area (Å²) in [5.41, 5.74) is 4.04. The minimum Gasteiger partial charge on any atom is -0.388 e. The zero-order valence-electron chi connectivity index (χ0n) is 12.6. The summed E-state index contributed by atoms with van der Waals surface area (Å²) in [6.45, 7) is 4.02. The van der Waals surface area contributed by atoms with Crippen LogP contribution in [0.2, 0.25) is 0 Å². The average molecular weight is 283 g/mol. The molecular formula is C14H25N3O3. The van der Waals surface area contributed by atoms with Crippen LogP contribution in [0.1, 0.15) is 51.2 Å². The molecule has 6 heteroatoms. The Hall–Kier alpha value is -0.980. The third kappa shape index (κ3) is 3.19. The van der Waals surface area contributed by atoms with E-state index in [2.05, 4.69) is 17.1 Å². The normalized spacial score (nSPS) is 30.1. The lowest BCUT2D eigenvalue weighted by molar-refractivity contribution is -0.0658. The molecule has 0 saturated heterocycles. The number of ether oxygens (including phenoxy) is 1. The Morgan fingerprint density at radius 1 is 1.60 bits per heavy atom. The number of nitrogens with zero attached hydrogens (tertiary/aromatic N) is 2. The molecule has 1 heterocycles. The fraction of sp³-hybridized carbons (Fsp3) is 0.857. The van der Waals surface area contributed by atoms with Gasteiger partial charge in [0, 0.05) is 13.7 Å². The van der Waals surface area contributed by atoms with Crippen molar-refractivity contribution >= 4 is 0 Å². The predicted octanol–water partition coefficient (Wildman–Crippen LogP) is 1.37. The molecule has 0 bridgehead atoms. The summed E-state index contributed by atoms with van der Waals surface area (Å²) in [6, 6.07) is 0. The lowest BCUT2D eigenvalue weighted by Crippen LogP contribution is -2.37. The van der Waals surface area contributed by atoms with Crippen LogP contribution < -0.4 is 5.73 Å². The molecule has 0 aromatic carbocycles. The first-order chi connectivity index (χ1) is 9.41. The number of hydrogen-bond acceptors (Lipinski definition) is 6. The highest BCUT2D eigenvalue weighted by Gasteiger charge is 2.41. The molecule has 1 aromatic rings. The molecule has 2 rings (SSSR count). The van der Waals surface area contributed by atoms with Crippen LogP contribution in [0.15, 0.2) is 4.52 Å². The van der Waals surface area contributed by atoms with Gasteiger partial charge in [-0.1, -0.05) is 18.5 Å². The van der Waals surface area contributed by atoms with E-state index < -0.39 is 11.2 Å². The zero-order valence-corrected chi connectivity index (χ0v) is 12.6. The molecule has 3 N–H and O–H groups in total. The van der Waals surface area contributed by atoms with Crippen LogP contribution in [-0.4, -0.2) is 34.5 Å². The van der Waals surface area contributed by atoms with E-state index in [-0.39, 0.29) is 13.0 Å². The van der Waals surface area contributed by atoms with Crippen LogP contribution in [0.5, 0.6) is 0 Å². The highest BCUT2D eigenvalue weighted by molar-refractivity contribution is 5.05. The van der Waals surface area contributed by atoms with Crippen molar-refractivity contribution in [2.24, 2.45) is 11.7 Å². The van der Waals surface area contributed by atoms with Crippen LogP contribution >= 0.6 is 0 Å². The molecule has 3 atom stereocenters. The molecule has 0 amide bonds. The first kappa shape index (κ1) is 15.4. The Bertz CT molecular complexity index is 447. The highest BCUT2D eigenvalue weighted by atomic mass is 16.5. The van der Waals surface area contributed by atoms with Gasteiger partial charge in [-0.25, -0.2) is 0 Å². The first-order valence-electron chi connectivity index (χ1n) is 7.21. The van der Waals surface area contributed by atoms with E-state index >= 15 is 0 Å². The van der Waals surface area contributed by atoms with Gasteiger partial charge < -0.3 is 20.1 Å². The van der Waals surface area contributed by atoms with Crippen LogP contribution in [0.3, 0.4) is 0 Å². The van der Waals surface area contributed by atoms with Gasteiger partial charge in [-0.3, -0.25) is 0 Å². The van der Waals surface area contributed by atoms with E-state index in [1.807, 2.05) is 0 Å². The average Bonchev–Trinajstić information content (AvgIpc) is 2.87. The Kier molecular flexibility index (Phi) is 4.46. The van der Waals surface area contributed by atoms with Crippen molar-refractivity contribution in [2.75, 3.05) is 13.7 Å². The van der Waals surface area contributed by atoms with Gasteiger partial charge in [0.2, 0.25) is 11.7 Å². The topological polar surface area (TPSA) is 94.4 Å². The summed E-state index contributed by atoms with van der Waals surface area (Å²) >= 11 is 0. The second kappa shape index (κ2) is 5.79. The van der Waals surface area contributed by atoms with Crippen molar-refractivity contribution in [3.8, 4) is 0 Å². The number of nitrogens with two attached hydrogens (primary N) is 1. The Morgan fingerprint density at radius 3 is 2.95 bits per heavy atom. The Labute approximate surface area is 119 Å². The van der Waals surface area contributed by atoms with Crippen molar-refractivity contribution in [1.82, 2.24) is 10.1 Å². The van der Waals surface area contributed by atoms with Crippen LogP contribution in [0, 0.1) is 5.92 Å². The van der Waals surface area contributed by atoms with Crippen molar-refractivity contribution < 1.29 is 14.4 Å². The number of aliphatic hydroxyl groups is 1. The zero-order chi connectivity index (χ0) is 14.8. The monoisotopic (exact) mass is 283 g/mol. The molecule has 1 aromatic heterocycles. The van der Waals surface area contributed by atoms with Crippen molar-refractivity contribution in [1.29, 1.82) is 0 Å². The first-order valence-corrected chi connectivity index (χ1v) is 7.21. The summed E-state index contributed by atoms with van der Waals surface area (Å²) in [5, 5.41) is 14.0. The lowest BCUT2D eigenvalue weighted by Gasteiger charge is -2.36. The smallest absolute Gasteiger partial charge is 0.229 e. The van der Waals surface area contributed by atoms with E-state index in [1.165, 1.54) is 6.42 Å². The van der Waals surface area contributed by atoms with Gasteiger partial charge in [-0.2, -0.15) is 4.98 Å². The minimum atomic E-state index is -1.02. The van der Waals surface area contributed by atoms with Gasteiger partial charge in [-0.05, 0) is 32.1 Å². The fourth-order valence-corrected chi connectivity index (χ4v) is 2.89. The third-order valence-electron chi connectivity index (χ3n) is 4.19. The van der Waals surface area contributed by atoms with Gasteiger partial charge in [0.25, 0.3) is 0 Å². The predicted molar refractivity (Wildman–Crippen MR) is 74.0 cm³/mol. The van der Waals surface area contributed by atoms with Crippen molar-refractivity contribution in [2.45, 2.75) is 57.2 Å². The second-order valence-electron chi connectivity index (χ2n) is 6.29. The maximum Gasteiger partial charge on any atom is 0.229 e. The van der Waals surface area contributed by atoms with E-state index in [0.29, 0.717) is 17.6 Å². The molecule has 6 nitrogen and oxygen atoms in total. The molecule has 1 fully saturated rings. The maximum atomic E-state index is 9.98. The Morgan fingerprint density at radius 2 is 2.35 bits per heavy atom. The molecule has 114 valence electrons. The van der Waals surface area contributed by atoms with Crippen molar-refractivity contribution in [3.05, 3.63) is 11.7 Å². The van der Waals surface area contributed by atoms with Crippen LogP contribution in [0.25, 0.3) is 0 Å². The van der Waals surface area contributed by atoms with E-state index in [9.17, 15) is 5.11 Å².